The van der Waals surface area contributed by atoms with Gasteiger partial charge in [0.25, 0.3) is 0 Å². The van der Waals surface area contributed by atoms with E-state index in [-0.39, 0.29) is 0 Å². The van der Waals surface area contributed by atoms with Crippen LogP contribution >= 0.6 is 0 Å². The van der Waals surface area contributed by atoms with E-state index in [4.69, 9.17) is 0 Å². The fourth-order valence-electron chi connectivity index (χ4n) is 0.811. The van der Waals surface area contributed by atoms with E-state index in [1.165, 1.54) is 14.2 Å². The van der Waals surface area contributed by atoms with Gasteiger partial charge < -0.3 is 9.47 Å². The predicted molar refractivity (Wildman–Crippen MR) is 50.5 cm³/mol. The Labute approximate surface area is 83.2 Å². The number of ether oxygens (including phenoxy) is 2. The number of rotatable bonds is 4. The second-order valence-corrected chi connectivity index (χ2v) is 2.53. The molecule has 78 valence electrons. The van der Waals surface area contributed by atoms with Crippen LogP contribution in [0.1, 0.15) is 19.8 Å². The van der Waals surface area contributed by atoms with Crippen molar-refractivity contribution in [2.45, 2.75) is 19.8 Å². The van der Waals surface area contributed by atoms with Crippen LogP contribution < -0.4 is 0 Å². The molecule has 0 aromatic heterocycles. The van der Waals surface area contributed by atoms with E-state index in [2.05, 4.69) is 15.2 Å². The van der Waals surface area contributed by atoms with Gasteiger partial charge in [-0.15, -0.1) is 5.73 Å². The molecule has 14 heavy (non-hydrogen) atoms. The molecule has 4 heteroatoms. The van der Waals surface area contributed by atoms with E-state index in [9.17, 15) is 9.59 Å². The quantitative estimate of drug-likeness (QED) is 0.387. The molecule has 0 saturated carbocycles. The van der Waals surface area contributed by atoms with Gasteiger partial charge in [-0.05, 0) is 6.42 Å². The molecule has 0 aliphatic rings. The Bertz CT molecular complexity index is 272. The highest BCUT2D eigenvalue weighted by molar-refractivity contribution is 5.89. The van der Waals surface area contributed by atoms with Crippen molar-refractivity contribution in [2.24, 2.45) is 0 Å². The Morgan fingerprint density at radius 3 is 2.36 bits per heavy atom. The average molecular weight is 198 g/mol. The standard InChI is InChI=1S/C10H14O4/c1-4-5-8(10(12)14-3)6-7-9(11)13-2/h7H,4-5H2,1-3H3. The highest BCUT2D eigenvalue weighted by atomic mass is 16.5. The summed E-state index contributed by atoms with van der Waals surface area (Å²) in [5, 5.41) is 0. The van der Waals surface area contributed by atoms with Crippen LogP contribution in [0.4, 0.5) is 0 Å². The first-order valence-electron chi connectivity index (χ1n) is 4.27. The van der Waals surface area contributed by atoms with Crippen LogP contribution in [0.25, 0.3) is 0 Å². The highest BCUT2D eigenvalue weighted by Gasteiger charge is 2.07. The Morgan fingerprint density at radius 1 is 1.29 bits per heavy atom. The lowest BCUT2D eigenvalue weighted by Crippen LogP contribution is -2.04. The lowest BCUT2D eigenvalue weighted by atomic mass is 10.1. The van der Waals surface area contributed by atoms with Crippen molar-refractivity contribution in [3.05, 3.63) is 17.4 Å². The summed E-state index contributed by atoms with van der Waals surface area (Å²) in [6.07, 6.45) is 2.40. The van der Waals surface area contributed by atoms with Gasteiger partial charge in [-0.1, -0.05) is 13.3 Å². The molecule has 0 bridgehead atoms. The van der Waals surface area contributed by atoms with Gasteiger partial charge in [-0.3, -0.25) is 0 Å². The van der Waals surface area contributed by atoms with Crippen LogP contribution in [0.15, 0.2) is 17.4 Å². The molecule has 0 rings (SSSR count). The van der Waals surface area contributed by atoms with Crippen molar-refractivity contribution >= 4 is 11.9 Å². The number of hydrogen-bond acceptors (Lipinski definition) is 4. The fraction of sp³-hybridized carbons (Fsp3) is 0.500. The third-order valence-electron chi connectivity index (χ3n) is 1.50. The Balaban J connectivity index is 4.71. The Kier molecular flexibility index (Phi) is 6.16. The number of hydrogen-bond donors (Lipinski definition) is 0. The predicted octanol–water partition coefficient (Wildman–Crippen LogP) is 1.21. The summed E-state index contributed by atoms with van der Waals surface area (Å²) in [7, 11) is 2.55. The third kappa shape index (κ3) is 4.48. The minimum Gasteiger partial charge on any atom is -0.465 e. The van der Waals surface area contributed by atoms with Crippen LogP contribution in [-0.2, 0) is 19.1 Å². The molecule has 0 unspecified atom stereocenters. The summed E-state index contributed by atoms with van der Waals surface area (Å²) in [6, 6.07) is 0. The topological polar surface area (TPSA) is 52.6 Å². The van der Waals surface area contributed by atoms with Crippen LogP contribution in [0.3, 0.4) is 0 Å². The van der Waals surface area contributed by atoms with Gasteiger partial charge in [0.15, 0.2) is 0 Å². The van der Waals surface area contributed by atoms with Crippen LogP contribution in [0.2, 0.25) is 0 Å². The summed E-state index contributed by atoms with van der Waals surface area (Å²) in [6.45, 7) is 1.92. The van der Waals surface area contributed by atoms with Crippen LogP contribution in [0.5, 0.6) is 0 Å². The molecule has 0 aliphatic carbocycles. The fourth-order valence-corrected chi connectivity index (χ4v) is 0.811. The smallest absolute Gasteiger partial charge is 0.341 e. The molecule has 0 spiro atoms. The van der Waals surface area contributed by atoms with E-state index in [1.807, 2.05) is 6.92 Å². The maximum absolute atomic E-state index is 11.1. The maximum atomic E-state index is 11.1. The number of carbonyl (C=O) groups is 2. The summed E-state index contributed by atoms with van der Waals surface area (Å²) in [4.78, 5) is 21.8. The second-order valence-electron chi connectivity index (χ2n) is 2.53. The largest absolute Gasteiger partial charge is 0.465 e. The van der Waals surface area contributed by atoms with Gasteiger partial charge in [0, 0.05) is 0 Å². The minimum absolute atomic E-state index is 0.348. The molecule has 0 radical (unpaired) electrons. The Morgan fingerprint density at radius 2 is 1.93 bits per heavy atom. The zero-order valence-corrected chi connectivity index (χ0v) is 8.62. The van der Waals surface area contributed by atoms with Crippen LogP contribution in [-0.4, -0.2) is 26.2 Å². The summed E-state index contributed by atoms with van der Waals surface area (Å²) >= 11 is 0. The van der Waals surface area contributed by atoms with Crippen molar-refractivity contribution in [1.82, 2.24) is 0 Å². The van der Waals surface area contributed by atoms with Gasteiger partial charge in [0.05, 0.1) is 25.9 Å². The zero-order valence-electron chi connectivity index (χ0n) is 8.62. The molecule has 0 N–H and O–H groups in total. The van der Waals surface area contributed by atoms with Crippen molar-refractivity contribution in [3.63, 3.8) is 0 Å². The van der Waals surface area contributed by atoms with Gasteiger partial charge in [0.2, 0.25) is 0 Å². The van der Waals surface area contributed by atoms with E-state index < -0.39 is 11.9 Å². The normalized spacial score (nSPS) is 8.50. The van der Waals surface area contributed by atoms with E-state index >= 15 is 0 Å². The number of carbonyl (C=O) groups excluding carboxylic acids is 2. The lowest BCUT2D eigenvalue weighted by molar-refractivity contribution is -0.136. The van der Waals surface area contributed by atoms with Gasteiger partial charge in [-0.25, -0.2) is 9.59 Å². The van der Waals surface area contributed by atoms with Gasteiger partial charge >= 0.3 is 11.9 Å². The first-order valence-corrected chi connectivity index (χ1v) is 4.27. The van der Waals surface area contributed by atoms with E-state index in [1.54, 1.807) is 0 Å². The molecular weight excluding hydrogens is 184 g/mol. The van der Waals surface area contributed by atoms with Crippen molar-refractivity contribution in [3.8, 4) is 0 Å². The van der Waals surface area contributed by atoms with Crippen LogP contribution in [0, 0.1) is 0 Å². The molecule has 0 heterocycles. The first-order chi connectivity index (χ1) is 6.65. The Hall–Kier alpha value is -1.54. The molecule has 0 fully saturated rings. The summed E-state index contributed by atoms with van der Waals surface area (Å²) in [5.74, 6) is -1.01. The number of esters is 2. The number of methoxy groups -OCH3 is 2. The first kappa shape index (κ1) is 12.5. The van der Waals surface area contributed by atoms with Gasteiger partial charge in [0.1, 0.15) is 0 Å². The minimum atomic E-state index is -0.539. The maximum Gasteiger partial charge on any atom is 0.341 e. The second kappa shape index (κ2) is 6.92. The monoisotopic (exact) mass is 198 g/mol. The van der Waals surface area contributed by atoms with Gasteiger partial charge in [-0.2, -0.15) is 0 Å². The highest BCUT2D eigenvalue weighted by Crippen LogP contribution is 2.04. The molecule has 4 nitrogen and oxygen atoms in total. The van der Waals surface area contributed by atoms with Crippen molar-refractivity contribution in [2.75, 3.05) is 14.2 Å². The zero-order chi connectivity index (χ0) is 11.0. The molecule has 0 atom stereocenters. The molecule has 0 aromatic carbocycles. The molecule has 0 saturated heterocycles. The molecular formula is C10H14O4. The SMILES string of the molecule is CCCC(=C=CC(=O)OC)C(=O)OC. The molecule has 0 aromatic rings. The van der Waals surface area contributed by atoms with E-state index in [0.29, 0.717) is 12.0 Å². The summed E-state index contributed by atoms with van der Waals surface area (Å²) < 4.78 is 8.89. The average Bonchev–Trinajstić information content (AvgIpc) is 2.22. The van der Waals surface area contributed by atoms with E-state index in [0.717, 1.165) is 12.5 Å². The lowest BCUT2D eigenvalue weighted by Gasteiger charge is -1.99. The van der Waals surface area contributed by atoms with Crippen molar-refractivity contribution < 1.29 is 19.1 Å². The van der Waals surface area contributed by atoms with Crippen molar-refractivity contribution in [1.29, 1.82) is 0 Å². The third-order valence-corrected chi connectivity index (χ3v) is 1.50. The molecule has 0 aliphatic heterocycles. The molecule has 0 amide bonds. The summed E-state index contributed by atoms with van der Waals surface area (Å²) in [5.41, 5.74) is 2.91.